The summed E-state index contributed by atoms with van der Waals surface area (Å²) >= 11 is 0. The van der Waals surface area contributed by atoms with Crippen molar-refractivity contribution in [1.29, 1.82) is 0 Å². The SMILES string of the molecule is CNC(C)Cc1noc([C@@H](C(C)C)N(C)C)n1. The predicted molar refractivity (Wildman–Crippen MR) is 67.8 cm³/mol. The highest BCUT2D eigenvalue weighted by Crippen LogP contribution is 2.24. The maximum absolute atomic E-state index is 5.36. The van der Waals surface area contributed by atoms with Gasteiger partial charge in [0.25, 0.3) is 0 Å². The molecule has 0 radical (unpaired) electrons. The van der Waals surface area contributed by atoms with Crippen LogP contribution < -0.4 is 5.32 Å². The Morgan fingerprint density at radius 1 is 1.29 bits per heavy atom. The normalized spacial score (nSPS) is 15.5. The second-order valence-corrected chi connectivity index (χ2v) is 5.10. The second kappa shape index (κ2) is 6.12. The minimum absolute atomic E-state index is 0.182. The molecule has 1 aromatic heterocycles. The van der Waals surface area contributed by atoms with E-state index in [0.717, 1.165) is 12.2 Å². The molecule has 0 spiro atoms. The molecular weight excluding hydrogens is 216 g/mol. The molecular formula is C12H24N4O. The summed E-state index contributed by atoms with van der Waals surface area (Å²) in [5.41, 5.74) is 0. The van der Waals surface area contributed by atoms with Crippen molar-refractivity contribution in [2.24, 2.45) is 5.92 Å². The lowest BCUT2D eigenvalue weighted by atomic mass is 10.0. The Morgan fingerprint density at radius 3 is 2.41 bits per heavy atom. The number of hydrogen-bond donors (Lipinski definition) is 1. The fraction of sp³-hybridized carbons (Fsp3) is 0.833. The molecule has 1 unspecified atom stereocenters. The van der Waals surface area contributed by atoms with E-state index in [0.29, 0.717) is 17.9 Å². The van der Waals surface area contributed by atoms with Gasteiger partial charge in [0, 0.05) is 12.5 Å². The highest BCUT2D eigenvalue weighted by atomic mass is 16.5. The van der Waals surface area contributed by atoms with Crippen molar-refractivity contribution in [1.82, 2.24) is 20.4 Å². The van der Waals surface area contributed by atoms with Crippen molar-refractivity contribution in [2.45, 2.75) is 39.3 Å². The van der Waals surface area contributed by atoms with Crippen LogP contribution in [0.5, 0.6) is 0 Å². The quantitative estimate of drug-likeness (QED) is 0.816. The van der Waals surface area contributed by atoms with Crippen molar-refractivity contribution in [3.8, 4) is 0 Å². The van der Waals surface area contributed by atoms with E-state index in [1.807, 2.05) is 21.1 Å². The Kier molecular flexibility index (Phi) is 5.08. The van der Waals surface area contributed by atoms with Gasteiger partial charge in [0.1, 0.15) is 0 Å². The topological polar surface area (TPSA) is 54.2 Å². The maximum Gasteiger partial charge on any atom is 0.244 e. The molecule has 0 aliphatic rings. The van der Waals surface area contributed by atoms with Gasteiger partial charge in [-0.3, -0.25) is 4.90 Å². The average molecular weight is 240 g/mol. The monoisotopic (exact) mass is 240 g/mol. The summed E-state index contributed by atoms with van der Waals surface area (Å²) in [4.78, 5) is 6.60. The summed E-state index contributed by atoms with van der Waals surface area (Å²) in [6.07, 6.45) is 0.790. The van der Waals surface area contributed by atoms with E-state index in [9.17, 15) is 0 Å². The second-order valence-electron chi connectivity index (χ2n) is 5.10. The average Bonchev–Trinajstić information content (AvgIpc) is 2.64. The first kappa shape index (κ1) is 14.1. The summed E-state index contributed by atoms with van der Waals surface area (Å²) in [7, 11) is 6.00. The van der Waals surface area contributed by atoms with E-state index >= 15 is 0 Å². The largest absolute Gasteiger partial charge is 0.338 e. The van der Waals surface area contributed by atoms with Crippen molar-refractivity contribution in [2.75, 3.05) is 21.1 Å². The molecule has 17 heavy (non-hydrogen) atoms. The van der Waals surface area contributed by atoms with Gasteiger partial charge in [0.15, 0.2) is 5.82 Å². The van der Waals surface area contributed by atoms with Crippen molar-refractivity contribution in [3.05, 3.63) is 11.7 Å². The first-order valence-corrected chi connectivity index (χ1v) is 6.11. The van der Waals surface area contributed by atoms with Gasteiger partial charge in [-0.05, 0) is 34.0 Å². The zero-order chi connectivity index (χ0) is 13.0. The zero-order valence-corrected chi connectivity index (χ0v) is 11.7. The minimum atomic E-state index is 0.182. The first-order valence-electron chi connectivity index (χ1n) is 6.11. The van der Waals surface area contributed by atoms with Crippen molar-refractivity contribution < 1.29 is 4.52 Å². The van der Waals surface area contributed by atoms with Gasteiger partial charge in [0.05, 0.1) is 6.04 Å². The molecule has 0 aromatic carbocycles. The lowest BCUT2D eigenvalue weighted by Gasteiger charge is -2.23. The standard InChI is InChI=1S/C12H24N4O/c1-8(2)11(16(5)6)12-14-10(15-17-12)7-9(3)13-4/h8-9,11,13H,7H2,1-6H3/t9?,11-/m1/s1. The minimum Gasteiger partial charge on any atom is -0.338 e. The molecule has 0 amide bonds. The Labute approximate surface area is 104 Å². The third kappa shape index (κ3) is 3.78. The van der Waals surface area contributed by atoms with Crippen LogP contribution >= 0.6 is 0 Å². The van der Waals surface area contributed by atoms with Crippen LogP contribution in [0.1, 0.15) is 38.5 Å². The van der Waals surface area contributed by atoms with Gasteiger partial charge < -0.3 is 9.84 Å². The highest BCUT2D eigenvalue weighted by molar-refractivity contribution is 4.95. The van der Waals surface area contributed by atoms with Gasteiger partial charge >= 0.3 is 0 Å². The molecule has 0 saturated heterocycles. The van der Waals surface area contributed by atoms with Crippen LogP contribution in [0.3, 0.4) is 0 Å². The van der Waals surface area contributed by atoms with Gasteiger partial charge in [0.2, 0.25) is 5.89 Å². The van der Waals surface area contributed by atoms with Crippen molar-refractivity contribution >= 4 is 0 Å². The van der Waals surface area contributed by atoms with Gasteiger partial charge in [-0.15, -0.1) is 0 Å². The summed E-state index contributed by atoms with van der Waals surface area (Å²) in [5, 5.41) is 7.20. The number of hydrogen-bond acceptors (Lipinski definition) is 5. The van der Waals surface area contributed by atoms with E-state index in [1.165, 1.54) is 0 Å². The van der Waals surface area contributed by atoms with E-state index in [2.05, 4.69) is 41.1 Å². The summed E-state index contributed by atoms with van der Waals surface area (Å²) in [6.45, 7) is 6.41. The summed E-state index contributed by atoms with van der Waals surface area (Å²) in [6, 6.07) is 0.540. The lowest BCUT2D eigenvalue weighted by molar-refractivity contribution is 0.181. The number of likely N-dealkylation sites (N-methyl/N-ethyl adjacent to an activating group) is 1. The Hall–Kier alpha value is -0.940. The molecule has 1 heterocycles. The van der Waals surface area contributed by atoms with Gasteiger partial charge in [-0.1, -0.05) is 19.0 Å². The van der Waals surface area contributed by atoms with E-state index in [-0.39, 0.29) is 6.04 Å². The van der Waals surface area contributed by atoms with Crippen LogP contribution in [0.15, 0.2) is 4.52 Å². The van der Waals surface area contributed by atoms with Crippen LogP contribution in [0.25, 0.3) is 0 Å². The first-order chi connectivity index (χ1) is 7.95. The lowest BCUT2D eigenvalue weighted by Crippen LogP contribution is -2.25. The number of rotatable bonds is 6. The zero-order valence-electron chi connectivity index (χ0n) is 11.7. The molecule has 5 heteroatoms. The van der Waals surface area contributed by atoms with Gasteiger partial charge in [-0.25, -0.2) is 0 Å². The molecule has 1 N–H and O–H groups in total. The molecule has 0 bridgehead atoms. The van der Waals surface area contributed by atoms with E-state index in [4.69, 9.17) is 4.52 Å². The van der Waals surface area contributed by atoms with Crippen LogP contribution in [-0.2, 0) is 6.42 Å². The van der Waals surface area contributed by atoms with Crippen molar-refractivity contribution in [3.63, 3.8) is 0 Å². The van der Waals surface area contributed by atoms with Crippen LogP contribution in [0, 0.1) is 5.92 Å². The number of nitrogens with one attached hydrogen (secondary N) is 1. The Morgan fingerprint density at radius 2 is 1.94 bits per heavy atom. The molecule has 0 aliphatic carbocycles. The molecule has 5 nitrogen and oxygen atoms in total. The van der Waals surface area contributed by atoms with E-state index in [1.54, 1.807) is 0 Å². The number of nitrogens with zero attached hydrogens (tertiary/aromatic N) is 3. The van der Waals surface area contributed by atoms with Crippen LogP contribution in [0.2, 0.25) is 0 Å². The molecule has 1 aromatic rings. The Bertz CT molecular complexity index is 327. The molecule has 2 atom stereocenters. The van der Waals surface area contributed by atoms with Crippen LogP contribution in [-0.4, -0.2) is 42.2 Å². The third-order valence-electron chi connectivity index (χ3n) is 2.91. The predicted octanol–water partition coefficient (Wildman–Crippen LogP) is 1.48. The molecule has 98 valence electrons. The van der Waals surface area contributed by atoms with E-state index < -0.39 is 0 Å². The molecule has 1 rings (SSSR count). The summed E-state index contributed by atoms with van der Waals surface area (Å²) in [5.74, 6) is 1.93. The molecule has 0 saturated carbocycles. The third-order valence-corrected chi connectivity index (χ3v) is 2.91. The fourth-order valence-corrected chi connectivity index (χ4v) is 1.95. The summed E-state index contributed by atoms with van der Waals surface area (Å²) < 4.78 is 5.36. The molecule has 0 fully saturated rings. The Balaban J connectivity index is 2.78. The molecule has 0 aliphatic heterocycles. The van der Waals surface area contributed by atoms with Crippen LogP contribution in [0.4, 0.5) is 0 Å². The highest BCUT2D eigenvalue weighted by Gasteiger charge is 2.24. The van der Waals surface area contributed by atoms with Gasteiger partial charge in [-0.2, -0.15) is 4.98 Å². The number of aromatic nitrogens is 2. The fourth-order valence-electron chi connectivity index (χ4n) is 1.95. The smallest absolute Gasteiger partial charge is 0.244 e. The maximum atomic E-state index is 5.36.